The molecule has 7 heteroatoms. The number of allylic oxidation sites excluding steroid dienone is 2. The second-order valence-corrected chi connectivity index (χ2v) is 11.0. The highest BCUT2D eigenvalue weighted by atomic mass is 16.5. The number of hydrogen-bond acceptors (Lipinski definition) is 5. The lowest BCUT2D eigenvalue weighted by atomic mass is 9.63. The van der Waals surface area contributed by atoms with Crippen LogP contribution in [-0.2, 0) is 25.6 Å². The molecule has 2 aromatic carbocycles. The fraction of sp³-hybridized carbons (Fsp3) is 0.400. The Balaban J connectivity index is 1.06. The quantitative estimate of drug-likeness (QED) is 0.272. The Bertz CT molecular complexity index is 1330. The van der Waals surface area contributed by atoms with Gasteiger partial charge in [-0.15, -0.1) is 0 Å². The van der Waals surface area contributed by atoms with Crippen LogP contribution >= 0.6 is 0 Å². The van der Waals surface area contributed by atoms with E-state index in [9.17, 15) is 19.2 Å². The minimum Gasteiger partial charge on any atom is -0.426 e. The zero-order chi connectivity index (χ0) is 25.4. The van der Waals surface area contributed by atoms with Gasteiger partial charge in [0.1, 0.15) is 5.75 Å². The van der Waals surface area contributed by atoms with Crippen LogP contribution < -0.4 is 14.5 Å². The first-order valence-corrected chi connectivity index (χ1v) is 13.2. The molecule has 6 aliphatic rings. The van der Waals surface area contributed by atoms with Crippen molar-refractivity contribution < 1.29 is 23.9 Å². The van der Waals surface area contributed by atoms with E-state index in [1.807, 2.05) is 24.3 Å². The minimum atomic E-state index is -0.589. The number of amides is 3. The molecule has 0 unspecified atom stereocenters. The molecule has 0 spiro atoms. The van der Waals surface area contributed by atoms with E-state index in [1.165, 1.54) is 10.5 Å². The lowest BCUT2D eigenvalue weighted by Crippen LogP contribution is -2.40. The van der Waals surface area contributed by atoms with Gasteiger partial charge in [0.05, 0.1) is 23.4 Å². The van der Waals surface area contributed by atoms with Crippen LogP contribution in [0.3, 0.4) is 0 Å². The molecule has 7 atom stereocenters. The van der Waals surface area contributed by atoms with E-state index in [0.29, 0.717) is 17.5 Å². The maximum absolute atomic E-state index is 13.4. The van der Waals surface area contributed by atoms with Crippen LogP contribution in [0.4, 0.5) is 11.4 Å². The van der Waals surface area contributed by atoms with Gasteiger partial charge in [-0.2, -0.15) is 0 Å². The number of benzene rings is 2. The third-order valence-electron chi connectivity index (χ3n) is 9.07. The van der Waals surface area contributed by atoms with E-state index in [2.05, 4.69) is 19.1 Å². The van der Waals surface area contributed by atoms with E-state index in [0.717, 1.165) is 18.5 Å². The Hall–Kier alpha value is -3.74. The third kappa shape index (κ3) is 3.40. The van der Waals surface area contributed by atoms with Gasteiger partial charge in [-0.05, 0) is 66.3 Å². The molecule has 2 saturated carbocycles. The van der Waals surface area contributed by atoms with Gasteiger partial charge in [-0.3, -0.25) is 19.2 Å². The van der Waals surface area contributed by atoms with Crippen LogP contribution in [0.2, 0.25) is 0 Å². The Morgan fingerprint density at radius 3 is 2.24 bits per heavy atom. The molecule has 2 aliphatic heterocycles. The molecule has 4 aliphatic carbocycles. The van der Waals surface area contributed by atoms with Crippen molar-refractivity contribution in [1.29, 1.82) is 0 Å². The number of imide groups is 1. The number of anilines is 2. The van der Waals surface area contributed by atoms with Crippen molar-refractivity contribution in [3.8, 4) is 5.75 Å². The van der Waals surface area contributed by atoms with Crippen LogP contribution in [0.15, 0.2) is 60.7 Å². The number of nitrogens with zero attached hydrogens (tertiary/aromatic N) is 2. The molecule has 188 valence electrons. The number of hydrogen-bond donors (Lipinski definition) is 0. The molecular formula is C30H28N2O5. The maximum atomic E-state index is 13.4. The predicted molar refractivity (Wildman–Crippen MR) is 136 cm³/mol. The van der Waals surface area contributed by atoms with Crippen LogP contribution in [0.1, 0.15) is 25.3 Å². The van der Waals surface area contributed by atoms with Crippen molar-refractivity contribution in [3.05, 3.63) is 66.2 Å². The van der Waals surface area contributed by atoms with Crippen molar-refractivity contribution in [3.63, 3.8) is 0 Å². The molecule has 0 N–H and O–H groups in total. The second kappa shape index (κ2) is 8.13. The lowest BCUT2D eigenvalue weighted by Gasteiger charge is -2.37. The zero-order valence-corrected chi connectivity index (χ0v) is 20.6. The number of carbonyl (C=O) groups is 4. The number of carbonyl (C=O) groups excluding carboxylic acids is 4. The van der Waals surface area contributed by atoms with Gasteiger partial charge in [0, 0.05) is 24.7 Å². The predicted octanol–water partition coefficient (Wildman–Crippen LogP) is 3.77. The number of ether oxygens (including phenoxy) is 1. The molecule has 0 radical (unpaired) electrons. The Kier molecular flexibility index (Phi) is 4.94. The number of rotatable bonds is 5. The Labute approximate surface area is 215 Å². The van der Waals surface area contributed by atoms with Gasteiger partial charge >= 0.3 is 5.97 Å². The summed E-state index contributed by atoms with van der Waals surface area (Å²) in [6.45, 7) is 2.33. The molecule has 3 amide bonds. The third-order valence-corrected chi connectivity index (χ3v) is 9.07. The lowest BCUT2D eigenvalue weighted by molar-refractivity contribution is -0.139. The average Bonchev–Trinajstić information content (AvgIpc) is 3.59. The van der Waals surface area contributed by atoms with E-state index >= 15 is 0 Å². The van der Waals surface area contributed by atoms with Crippen LogP contribution in [0, 0.1) is 41.4 Å². The summed E-state index contributed by atoms with van der Waals surface area (Å²) < 4.78 is 5.66. The largest absolute Gasteiger partial charge is 0.426 e. The molecule has 2 aromatic rings. The van der Waals surface area contributed by atoms with Gasteiger partial charge in [0.15, 0.2) is 0 Å². The van der Waals surface area contributed by atoms with Gasteiger partial charge in [0.25, 0.3) is 0 Å². The first-order valence-electron chi connectivity index (χ1n) is 13.2. The molecule has 7 nitrogen and oxygen atoms in total. The van der Waals surface area contributed by atoms with Crippen molar-refractivity contribution in [2.24, 2.45) is 41.4 Å². The number of esters is 1. The van der Waals surface area contributed by atoms with E-state index in [1.54, 1.807) is 29.2 Å². The Morgan fingerprint density at radius 1 is 0.919 bits per heavy atom. The van der Waals surface area contributed by atoms with Crippen molar-refractivity contribution >= 4 is 35.1 Å². The van der Waals surface area contributed by atoms with E-state index in [-0.39, 0.29) is 60.1 Å². The molecular weight excluding hydrogens is 468 g/mol. The summed E-state index contributed by atoms with van der Waals surface area (Å²) in [5.74, 6) is -0.384. The summed E-state index contributed by atoms with van der Waals surface area (Å²) in [4.78, 5) is 55.4. The summed E-state index contributed by atoms with van der Waals surface area (Å²) in [5, 5.41) is 0. The topological polar surface area (TPSA) is 84.0 Å². The van der Waals surface area contributed by atoms with Crippen molar-refractivity contribution in [1.82, 2.24) is 0 Å². The van der Waals surface area contributed by atoms with Gasteiger partial charge < -0.3 is 9.64 Å². The summed E-state index contributed by atoms with van der Waals surface area (Å²) in [7, 11) is 0. The molecule has 2 heterocycles. The van der Waals surface area contributed by atoms with Crippen LogP contribution in [0.25, 0.3) is 0 Å². The molecule has 0 aromatic heterocycles. The SMILES string of the molecule is CCc1ccc(N2C[C@H](C(=O)Oc3cccc(N4C(=O)[C@@H]5[C@H]6C=C[C@@H]([C@@H]7C[C@H]67)[C@H]5C4=O)c3)CC2=O)cc1. The van der Waals surface area contributed by atoms with Gasteiger partial charge in [-0.25, -0.2) is 4.90 Å². The summed E-state index contributed by atoms with van der Waals surface area (Å²) >= 11 is 0. The molecule has 2 saturated heterocycles. The fourth-order valence-corrected chi connectivity index (χ4v) is 7.12. The fourth-order valence-electron chi connectivity index (χ4n) is 7.12. The van der Waals surface area contributed by atoms with E-state index in [4.69, 9.17) is 4.74 Å². The summed E-state index contributed by atoms with van der Waals surface area (Å²) in [5.41, 5.74) is 2.39. The van der Waals surface area contributed by atoms with Crippen LogP contribution in [0.5, 0.6) is 5.75 Å². The normalized spacial score (nSPS) is 33.1. The minimum absolute atomic E-state index is 0.0820. The first-order chi connectivity index (χ1) is 17.9. The highest BCUT2D eigenvalue weighted by Gasteiger charge is 2.67. The zero-order valence-electron chi connectivity index (χ0n) is 20.6. The number of aryl methyl sites for hydroxylation is 1. The standard InChI is InChI=1S/C30H28N2O5/c1-2-16-6-8-18(9-7-16)31-15-17(12-25(31)33)30(36)37-20-5-3-4-19(13-20)32-28(34)26-21-10-11-22(24-14-23(21)24)27(26)29(32)35/h3-11,13,17,21-24,26-27H,2,12,14-15H2,1H3/t17-,21+,22+,23-,24+,26-,27-/m1/s1. The van der Waals surface area contributed by atoms with Crippen molar-refractivity contribution in [2.45, 2.75) is 26.2 Å². The maximum Gasteiger partial charge on any atom is 0.316 e. The summed E-state index contributed by atoms with van der Waals surface area (Å²) in [6.07, 6.45) is 6.41. The second-order valence-electron chi connectivity index (χ2n) is 11.0. The average molecular weight is 497 g/mol. The first kappa shape index (κ1) is 22.5. The van der Waals surface area contributed by atoms with E-state index < -0.39 is 11.9 Å². The summed E-state index contributed by atoms with van der Waals surface area (Å²) in [6, 6.07) is 14.4. The molecule has 4 fully saturated rings. The highest BCUT2D eigenvalue weighted by Crippen LogP contribution is 2.65. The van der Waals surface area contributed by atoms with Crippen molar-refractivity contribution in [2.75, 3.05) is 16.3 Å². The van der Waals surface area contributed by atoms with Gasteiger partial charge in [-0.1, -0.05) is 37.3 Å². The smallest absolute Gasteiger partial charge is 0.316 e. The monoisotopic (exact) mass is 496 g/mol. The molecule has 2 bridgehead atoms. The molecule has 37 heavy (non-hydrogen) atoms. The Morgan fingerprint density at radius 2 is 1.59 bits per heavy atom. The van der Waals surface area contributed by atoms with Crippen LogP contribution in [-0.4, -0.2) is 30.2 Å². The van der Waals surface area contributed by atoms with Gasteiger partial charge in [0.2, 0.25) is 17.7 Å². The molecule has 8 rings (SSSR count). The highest BCUT2D eigenvalue weighted by molar-refractivity contribution is 6.22.